The third kappa shape index (κ3) is 16.9. The summed E-state index contributed by atoms with van der Waals surface area (Å²) in [6.45, 7) is 6.33. The van der Waals surface area contributed by atoms with Crippen molar-refractivity contribution in [2.75, 3.05) is 13.2 Å². The maximum Gasteiger partial charge on any atom is 0.330 e. The largest absolute Gasteiger partial charge is 0.460 e. The third-order valence-corrected chi connectivity index (χ3v) is 13.2. The van der Waals surface area contributed by atoms with E-state index in [-0.39, 0.29) is 12.8 Å². The summed E-state index contributed by atoms with van der Waals surface area (Å²) < 4.78 is 11.0. The number of hydrogen-bond donors (Lipinski definition) is 8. The number of para-hydroxylation sites is 1. The topological polar surface area (TPSA) is 272 Å². The van der Waals surface area contributed by atoms with E-state index in [1.807, 2.05) is 0 Å². The molecular weight excluding hydrogens is 1040 g/mol. The minimum absolute atomic E-state index is 0.0562. The van der Waals surface area contributed by atoms with Gasteiger partial charge in [0.05, 0.1) is 0 Å². The predicted octanol–water partition coefficient (Wildman–Crippen LogP) is 4.51. The van der Waals surface area contributed by atoms with Gasteiger partial charge in [0.25, 0.3) is 0 Å². The van der Waals surface area contributed by atoms with Crippen LogP contribution in [0.3, 0.4) is 0 Å². The summed E-state index contributed by atoms with van der Waals surface area (Å²) in [5.41, 5.74) is 2.83. The van der Waals surface area contributed by atoms with Gasteiger partial charge in [0, 0.05) is 52.1 Å². The highest BCUT2D eigenvalue weighted by Crippen LogP contribution is 2.21. The maximum absolute atomic E-state index is 14.8. The van der Waals surface area contributed by atoms with E-state index in [1.54, 1.807) is 137 Å². The van der Waals surface area contributed by atoms with E-state index < -0.39 is 121 Å². The number of amides is 7. The molecule has 8 N–H and O–H groups in total. The molecule has 6 rings (SSSR count). The number of aromatic amines is 1. The predicted molar refractivity (Wildman–Crippen MR) is 294 cm³/mol. The smallest absolute Gasteiger partial charge is 0.330 e. The molecule has 0 saturated carbocycles. The SMILES string of the molecule is CC(C)[C@H]1NC(=O)[C@H](Cc2ccccc2)NC(=O)[C@@H](C(C)C)NC(=O)[C@@H](C)NC(=O)[C@H](COC(=O)/C=C/c2ccccc2Cl)NC(=O)[C@@H](Cc2c[nH]c3ccccc23)NC(=O)[C@@H](COC(=O)/C=C/c2ccccc2Cl)NC1=O. The lowest BCUT2D eigenvalue weighted by Crippen LogP contribution is -2.62. The maximum atomic E-state index is 14.8. The van der Waals surface area contributed by atoms with Crippen molar-refractivity contribution >= 4 is 99.5 Å². The fourth-order valence-electron chi connectivity index (χ4n) is 8.17. The fraction of sp³-hybridized carbons (Fsp3) is 0.316. The lowest BCUT2D eigenvalue weighted by molar-refractivity contribution is -0.143. The Balaban J connectivity index is 1.40. The number of esters is 2. The molecule has 4 aromatic carbocycles. The molecule has 0 unspecified atom stereocenters. The van der Waals surface area contributed by atoms with Gasteiger partial charge in [0.1, 0.15) is 55.5 Å². The molecular formula is C57H62Cl2N8O11. The van der Waals surface area contributed by atoms with E-state index in [1.165, 1.54) is 19.1 Å². The molecule has 5 aromatic rings. The van der Waals surface area contributed by atoms with E-state index in [0.29, 0.717) is 43.2 Å². The Hall–Kier alpha value is -8.29. The van der Waals surface area contributed by atoms with Crippen molar-refractivity contribution < 1.29 is 52.6 Å². The van der Waals surface area contributed by atoms with Crippen LogP contribution in [0.15, 0.2) is 121 Å². The Morgan fingerprint density at radius 2 is 0.923 bits per heavy atom. The summed E-state index contributed by atoms with van der Waals surface area (Å²) in [6, 6.07) is 18.8. The highest BCUT2D eigenvalue weighted by atomic mass is 35.5. The van der Waals surface area contributed by atoms with Gasteiger partial charge in [0.15, 0.2) is 0 Å². The highest BCUT2D eigenvalue weighted by Gasteiger charge is 2.37. The van der Waals surface area contributed by atoms with Gasteiger partial charge < -0.3 is 51.7 Å². The van der Waals surface area contributed by atoms with Crippen molar-refractivity contribution in [2.24, 2.45) is 11.8 Å². The first-order chi connectivity index (χ1) is 37.3. The molecule has 7 atom stereocenters. The average molecular weight is 1110 g/mol. The number of carbonyl (C=O) groups excluding carboxylic acids is 9. The van der Waals surface area contributed by atoms with Crippen LogP contribution in [0.1, 0.15) is 56.9 Å². The van der Waals surface area contributed by atoms with Gasteiger partial charge in [-0.2, -0.15) is 0 Å². The average Bonchev–Trinajstić information content (AvgIpc) is 3.83. The van der Waals surface area contributed by atoms with E-state index in [9.17, 15) is 43.2 Å². The first-order valence-corrected chi connectivity index (χ1v) is 25.9. The number of aromatic nitrogens is 1. The van der Waals surface area contributed by atoms with Crippen molar-refractivity contribution in [3.8, 4) is 0 Å². The second kappa shape index (κ2) is 28.2. The molecule has 1 aromatic heterocycles. The van der Waals surface area contributed by atoms with Crippen molar-refractivity contribution in [1.82, 2.24) is 42.2 Å². The molecule has 1 saturated heterocycles. The van der Waals surface area contributed by atoms with E-state index >= 15 is 0 Å². The van der Waals surface area contributed by atoms with Crippen LogP contribution in [0, 0.1) is 11.8 Å². The molecule has 21 heteroatoms. The van der Waals surface area contributed by atoms with Crippen LogP contribution in [0.5, 0.6) is 0 Å². The lowest BCUT2D eigenvalue weighted by Gasteiger charge is -2.29. The number of carbonyl (C=O) groups is 9. The highest BCUT2D eigenvalue weighted by molar-refractivity contribution is 6.32. The van der Waals surface area contributed by atoms with E-state index in [4.69, 9.17) is 32.7 Å². The first kappa shape index (κ1) is 59.0. The quantitative estimate of drug-likeness (QED) is 0.0566. The molecule has 7 amide bonds. The number of nitrogens with one attached hydrogen (secondary N) is 8. The summed E-state index contributed by atoms with van der Waals surface area (Å²) in [5.74, 6) is -9.43. The molecule has 1 fully saturated rings. The number of H-pyrrole nitrogens is 1. The Labute approximate surface area is 461 Å². The van der Waals surface area contributed by atoms with Crippen molar-refractivity contribution in [2.45, 2.75) is 89.8 Å². The van der Waals surface area contributed by atoms with Crippen LogP contribution >= 0.6 is 23.2 Å². The zero-order valence-electron chi connectivity index (χ0n) is 43.5. The zero-order valence-corrected chi connectivity index (χ0v) is 45.0. The van der Waals surface area contributed by atoms with Crippen LogP contribution in [0.4, 0.5) is 0 Å². The summed E-state index contributed by atoms with van der Waals surface area (Å²) >= 11 is 12.6. The van der Waals surface area contributed by atoms with Gasteiger partial charge in [-0.3, -0.25) is 33.6 Å². The van der Waals surface area contributed by atoms with Gasteiger partial charge in [-0.05, 0) is 71.4 Å². The second-order valence-corrected chi connectivity index (χ2v) is 20.0. The van der Waals surface area contributed by atoms with Gasteiger partial charge >= 0.3 is 11.9 Å². The van der Waals surface area contributed by atoms with Gasteiger partial charge in [-0.15, -0.1) is 0 Å². The van der Waals surface area contributed by atoms with Gasteiger partial charge in [0.2, 0.25) is 41.4 Å². The molecule has 2 heterocycles. The summed E-state index contributed by atoms with van der Waals surface area (Å²) in [7, 11) is 0. The molecule has 78 heavy (non-hydrogen) atoms. The Morgan fingerprint density at radius 3 is 1.47 bits per heavy atom. The molecule has 1 aliphatic rings. The lowest BCUT2D eigenvalue weighted by atomic mass is 9.99. The molecule has 19 nitrogen and oxygen atoms in total. The number of fused-ring (bicyclic) bond motifs is 1. The molecule has 0 bridgehead atoms. The van der Waals surface area contributed by atoms with Crippen molar-refractivity contribution in [3.05, 3.63) is 154 Å². The van der Waals surface area contributed by atoms with Crippen molar-refractivity contribution in [3.63, 3.8) is 0 Å². The third-order valence-electron chi connectivity index (χ3n) is 12.6. The number of benzene rings is 4. The summed E-state index contributed by atoms with van der Waals surface area (Å²) in [6.07, 6.45) is 6.25. The van der Waals surface area contributed by atoms with Crippen LogP contribution in [0.2, 0.25) is 10.0 Å². The monoisotopic (exact) mass is 1100 g/mol. The standard InChI is InChI=1S/C57H62Cl2N8O11/c1-32(2)49-56(75)63-43(27-35-15-7-6-8-16-35)53(72)67-50(33(3)4)57(76)65-46(31-78-48(69)26-24-37-18-10-13-21-41(37)59)55(74)62-44(28-38-29-60-42-22-14-11-19-39(38)42)52(71)64-45(54(73)61-34(5)51(70)66-49)30-77-47(68)25-23-36-17-9-12-20-40(36)58/h6-26,29,32-34,43-46,49-50,60H,27-28,30-31H2,1-5H3,(H,61,73)(H,62,74)(H,63,75)(H,64,71)(H,65,76)(H,66,70)(H,67,72)/b25-23+,26-24+/t34-,43+,44-,45+,46-,49-,50-/m1/s1. The Morgan fingerprint density at radius 1 is 0.500 bits per heavy atom. The first-order valence-electron chi connectivity index (χ1n) is 25.2. The minimum atomic E-state index is -1.74. The Kier molecular flexibility index (Phi) is 21.3. The van der Waals surface area contributed by atoms with Crippen LogP contribution in [-0.4, -0.2) is 114 Å². The number of halogens is 2. The van der Waals surface area contributed by atoms with E-state index in [0.717, 1.165) is 12.2 Å². The number of hydrogen-bond acceptors (Lipinski definition) is 11. The van der Waals surface area contributed by atoms with Crippen molar-refractivity contribution in [1.29, 1.82) is 0 Å². The van der Waals surface area contributed by atoms with E-state index in [2.05, 4.69) is 42.2 Å². The molecule has 410 valence electrons. The van der Waals surface area contributed by atoms with Gasteiger partial charge in [-0.1, -0.05) is 136 Å². The van der Waals surface area contributed by atoms with Crippen LogP contribution in [-0.2, 0) is 65.5 Å². The minimum Gasteiger partial charge on any atom is -0.460 e. The Bertz CT molecular complexity index is 3050. The molecule has 1 aliphatic heterocycles. The normalized spacial score (nSPS) is 21.4. The second-order valence-electron chi connectivity index (χ2n) is 19.2. The summed E-state index contributed by atoms with van der Waals surface area (Å²) in [4.78, 5) is 130. The van der Waals surface area contributed by atoms with Crippen LogP contribution < -0.4 is 37.2 Å². The molecule has 0 radical (unpaired) electrons. The van der Waals surface area contributed by atoms with Crippen LogP contribution in [0.25, 0.3) is 23.1 Å². The fourth-order valence-corrected chi connectivity index (χ4v) is 8.56. The molecule has 0 spiro atoms. The molecule has 0 aliphatic carbocycles. The number of ether oxygens (including phenoxy) is 2. The van der Waals surface area contributed by atoms with Gasteiger partial charge in [-0.25, -0.2) is 9.59 Å². The summed E-state index contributed by atoms with van der Waals surface area (Å²) in [5, 5.41) is 19.8. The zero-order chi connectivity index (χ0) is 56.5. The number of rotatable bonds is 14.